The van der Waals surface area contributed by atoms with Crippen LogP contribution in [0.15, 0.2) is 17.6 Å². The monoisotopic (exact) mass is 197 g/mol. The van der Waals surface area contributed by atoms with E-state index in [1.165, 1.54) is 0 Å². The minimum absolute atomic E-state index is 0.0461. The quantitative estimate of drug-likeness (QED) is 0.495. The first kappa shape index (κ1) is 10.8. The van der Waals surface area contributed by atoms with Crippen molar-refractivity contribution in [3.63, 3.8) is 0 Å². The summed E-state index contributed by atoms with van der Waals surface area (Å²) >= 11 is 0. The van der Waals surface area contributed by atoms with E-state index in [0.29, 0.717) is 6.54 Å². The summed E-state index contributed by atoms with van der Waals surface area (Å²) in [6.45, 7) is 9.39. The number of hydrogen-bond donors (Lipinski definition) is 0. The Morgan fingerprint density at radius 1 is 1.71 bits per heavy atom. The number of esters is 1. The van der Waals surface area contributed by atoms with Gasteiger partial charge in [-0.25, -0.2) is 9.79 Å². The molecule has 0 spiro atoms. The lowest BCUT2D eigenvalue weighted by atomic mass is 10.2. The number of carbonyl (C=O) groups is 1. The molecule has 0 N–H and O–H groups in total. The molecule has 0 saturated carbocycles. The van der Waals surface area contributed by atoms with E-state index in [9.17, 15) is 4.79 Å². The molecule has 0 saturated heterocycles. The minimum atomic E-state index is -0.519. The highest BCUT2D eigenvalue weighted by atomic mass is 16.6. The fourth-order valence-corrected chi connectivity index (χ4v) is 0.948. The molecule has 14 heavy (non-hydrogen) atoms. The molecule has 0 amide bonds. The zero-order valence-electron chi connectivity index (χ0n) is 8.74. The number of hydrogen-bond acceptors (Lipinski definition) is 4. The van der Waals surface area contributed by atoms with Gasteiger partial charge in [0.1, 0.15) is 11.7 Å². The van der Waals surface area contributed by atoms with Crippen LogP contribution < -0.4 is 0 Å². The van der Waals surface area contributed by atoms with E-state index in [1.54, 1.807) is 26.8 Å². The van der Waals surface area contributed by atoms with Gasteiger partial charge in [-0.1, -0.05) is 6.58 Å². The SMILES string of the molecule is C=CC1CN=C(C(=O)OC(C)(C)C)O1. The normalized spacial score (nSPS) is 21.1. The van der Waals surface area contributed by atoms with Gasteiger partial charge in [0.05, 0.1) is 6.54 Å². The highest BCUT2D eigenvalue weighted by Gasteiger charge is 2.27. The second-order valence-corrected chi connectivity index (χ2v) is 4.04. The van der Waals surface area contributed by atoms with Crippen molar-refractivity contribution in [3.05, 3.63) is 12.7 Å². The summed E-state index contributed by atoms with van der Waals surface area (Å²) in [5.74, 6) is -0.466. The second-order valence-electron chi connectivity index (χ2n) is 4.04. The van der Waals surface area contributed by atoms with Crippen LogP contribution in [0.5, 0.6) is 0 Å². The third kappa shape index (κ3) is 2.87. The Hall–Kier alpha value is -1.32. The maximum absolute atomic E-state index is 11.4. The number of aliphatic imine (C=N–C) groups is 1. The number of carbonyl (C=O) groups excluding carboxylic acids is 1. The van der Waals surface area contributed by atoms with E-state index >= 15 is 0 Å². The zero-order chi connectivity index (χ0) is 10.8. The van der Waals surface area contributed by atoms with Gasteiger partial charge in [-0.3, -0.25) is 0 Å². The fourth-order valence-electron chi connectivity index (χ4n) is 0.948. The fraction of sp³-hybridized carbons (Fsp3) is 0.600. The Labute approximate surface area is 83.6 Å². The maximum atomic E-state index is 11.4. The van der Waals surface area contributed by atoms with E-state index in [1.807, 2.05) is 0 Å². The number of rotatable bonds is 2. The third-order valence-electron chi connectivity index (χ3n) is 1.51. The molecule has 1 aliphatic heterocycles. The molecule has 0 bridgehead atoms. The van der Waals surface area contributed by atoms with Gasteiger partial charge in [-0.05, 0) is 26.8 Å². The van der Waals surface area contributed by atoms with Crippen molar-refractivity contribution in [2.24, 2.45) is 4.99 Å². The lowest BCUT2D eigenvalue weighted by molar-refractivity contribution is -0.147. The molecule has 1 aliphatic rings. The molecule has 0 aromatic rings. The van der Waals surface area contributed by atoms with Crippen molar-refractivity contribution in [3.8, 4) is 0 Å². The molecule has 4 nitrogen and oxygen atoms in total. The van der Waals surface area contributed by atoms with Crippen LogP contribution in [0.1, 0.15) is 20.8 Å². The van der Waals surface area contributed by atoms with Gasteiger partial charge in [0.2, 0.25) is 0 Å². The Morgan fingerprint density at radius 3 is 2.79 bits per heavy atom. The molecule has 1 rings (SSSR count). The summed E-state index contributed by atoms with van der Waals surface area (Å²) in [5.41, 5.74) is -0.519. The van der Waals surface area contributed by atoms with Crippen molar-refractivity contribution in [1.82, 2.24) is 0 Å². The first-order chi connectivity index (χ1) is 6.42. The first-order valence-corrected chi connectivity index (χ1v) is 4.49. The Kier molecular flexibility index (Phi) is 2.93. The zero-order valence-corrected chi connectivity index (χ0v) is 8.74. The van der Waals surface area contributed by atoms with Gasteiger partial charge in [-0.15, -0.1) is 0 Å². The van der Waals surface area contributed by atoms with Crippen LogP contribution in [0.2, 0.25) is 0 Å². The summed E-state index contributed by atoms with van der Waals surface area (Å²) in [6, 6.07) is 0. The highest BCUT2D eigenvalue weighted by Crippen LogP contribution is 2.11. The topological polar surface area (TPSA) is 47.9 Å². The van der Waals surface area contributed by atoms with Crippen LogP contribution in [0.3, 0.4) is 0 Å². The summed E-state index contributed by atoms with van der Waals surface area (Å²) in [6.07, 6.45) is 1.42. The van der Waals surface area contributed by atoms with Crippen LogP contribution in [0.4, 0.5) is 0 Å². The second kappa shape index (κ2) is 3.82. The van der Waals surface area contributed by atoms with E-state index in [0.717, 1.165) is 0 Å². The maximum Gasteiger partial charge on any atom is 0.394 e. The standard InChI is InChI=1S/C10H15NO3/c1-5-7-6-11-8(13-7)9(12)14-10(2,3)4/h5,7H,1,6H2,2-4H3. The van der Waals surface area contributed by atoms with E-state index in [4.69, 9.17) is 9.47 Å². The minimum Gasteiger partial charge on any atom is -0.463 e. The van der Waals surface area contributed by atoms with Crippen molar-refractivity contribution in [1.29, 1.82) is 0 Å². The molecule has 0 aliphatic carbocycles. The summed E-state index contributed by atoms with van der Waals surface area (Å²) in [4.78, 5) is 15.3. The Morgan fingerprint density at radius 2 is 2.36 bits per heavy atom. The van der Waals surface area contributed by atoms with Gasteiger partial charge < -0.3 is 9.47 Å². The van der Waals surface area contributed by atoms with Crippen molar-refractivity contribution >= 4 is 11.9 Å². The first-order valence-electron chi connectivity index (χ1n) is 4.49. The van der Waals surface area contributed by atoms with Crippen LogP contribution in [0.25, 0.3) is 0 Å². The van der Waals surface area contributed by atoms with Crippen molar-refractivity contribution < 1.29 is 14.3 Å². The van der Waals surface area contributed by atoms with Gasteiger partial charge in [-0.2, -0.15) is 0 Å². The van der Waals surface area contributed by atoms with E-state index < -0.39 is 11.6 Å². The van der Waals surface area contributed by atoms with Gasteiger partial charge >= 0.3 is 5.97 Å². The molecule has 1 heterocycles. The molecule has 4 heteroatoms. The van der Waals surface area contributed by atoms with Gasteiger partial charge in [0.25, 0.3) is 5.90 Å². The number of nitrogens with zero attached hydrogens (tertiary/aromatic N) is 1. The Bertz CT molecular complexity index is 276. The third-order valence-corrected chi connectivity index (χ3v) is 1.51. The largest absolute Gasteiger partial charge is 0.463 e. The lowest BCUT2D eigenvalue weighted by Gasteiger charge is -2.19. The van der Waals surface area contributed by atoms with Crippen LogP contribution >= 0.6 is 0 Å². The molecule has 1 unspecified atom stereocenters. The van der Waals surface area contributed by atoms with Crippen LogP contribution in [-0.2, 0) is 14.3 Å². The molecular formula is C10H15NO3. The summed E-state index contributed by atoms with van der Waals surface area (Å²) < 4.78 is 10.3. The van der Waals surface area contributed by atoms with Gasteiger partial charge in [0, 0.05) is 0 Å². The molecule has 0 fully saturated rings. The molecule has 1 atom stereocenters. The van der Waals surface area contributed by atoms with Crippen LogP contribution in [-0.4, -0.2) is 30.1 Å². The average molecular weight is 197 g/mol. The molecule has 78 valence electrons. The Balaban J connectivity index is 2.52. The van der Waals surface area contributed by atoms with E-state index in [2.05, 4.69) is 11.6 Å². The summed E-state index contributed by atoms with van der Waals surface area (Å²) in [5, 5.41) is 0. The lowest BCUT2D eigenvalue weighted by Crippen LogP contribution is -2.29. The predicted molar refractivity (Wildman–Crippen MR) is 53.2 cm³/mol. The smallest absolute Gasteiger partial charge is 0.394 e. The highest BCUT2D eigenvalue weighted by molar-refractivity contribution is 6.33. The average Bonchev–Trinajstić information content (AvgIpc) is 2.48. The van der Waals surface area contributed by atoms with Crippen molar-refractivity contribution in [2.75, 3.05) is 6.54 Å². The van der Waals surface area contributed by atoms with Gasteiger partial charge in [0.15, 0.2) is 0 Å². The molecule has 0 aromatic carbocycles. The molecular weight excluding hydrogens is 182 g/mol. The molecule has 0 aromatic heterocycles. The summed E-state index contributed by atoms with van der Waals surface area (Å²) in [7, 11) is 0. The van der Waals surface area contributed by atoms with E-state index in [-0.39, 0.29) is 12.0 Å². The van der Waals surface area contributed by atoms with Crippen molar-refractivity contribution in [2.45, 2.75) is 32.5 Å². The van der Waals surface area contributed by atoms with Crippen LogP contribution in [0, 0.1) is 0 Å². The predicted octanol–water partition coefficient (Wildman–Crippen LogP) is 1.31. The molecule has 0 radical (unpaired) electrons. The number of ether oxygens (including phenoxy) is 2.